The average molecular weight is 332 g/mol. The van der Waals surface area contributed by atoms with Crippen LogP contribution in [0.4, 0.5) is 0 Å². The molecule has 0 amide bonds. The first-order valence-electron chi connectivity index (χ1n) is 5.00. The summed E-state index contributed by atoms with van der Waals surface area (Å²) in [5, 5.41) is 3.53. The average Bonchev–Trinajstić information content (AvgIpc) is 2.83. The number of benzene rings is 1. The number of rotatable bonds is 4. The molecule has 1 aromatic heterocycles. The minimum atomic E-state index is -3.59. The van der Waals surface area contributed by atoms with E-state index >= 15 is 0 Å². The zero-order valence-corrected chi connectivity index (χ0v) is 11.8. The van der Waals surface area contributed by atoms with Gasteiger partial charge in [0, 0.05) is 4.47 Å². The minimum absolute atomic E-state index is 0.00914. The molecule has 0 fully saturated rings. The van der Waals surface area contributed by atoms with E-state index in [9.17, 15) is 8.42 Å². The summed E-state index contributed by atoms with van der Waals surface area (Å²) in [6.45, 7) is 1.72. The molecular formula is C10H10BrN3O3S. The summed E-state index contributed by atoms with van der Waals surface area (Å²) in [4.78, 5) is 3.96. The van der Waals surface area contributed by atoms with Crippen LogP contribution >= 0.6 is 15.9 Å². The maximum absolute atomic E-state index is 12.1. The zero-order valence-electron chi connectivity index (χ0n) is 9.42. The molecule has 0 bridgehead atoms. The summed E-state index contributed by atoms with van der Waals surface area (Å²) in [6, 6.07) is 5.06. The molecule has 1 aromatic carbocycles. The second kappa shape index (κ2) is 5.17. The molecular weight excluding hydrogens is 322 g/mol. The molecule has 6 nitrogen and oxygen atoms in total. The van der Waals surface area contributed by atoms with Crippen molar-refractivity contribution in [3.05, 3.63) is 40.5 Å². The molecule has 0 aliphatic rings. The molecule has 1 heterocycles. The smallest absolute Gasteiger partial charge is 0.241 e. The standard InChI is InChI=1S/C10H10BrN3O3S/c1-7-2-3-8(11)4-9(7)18(15,16)13-5-10-12-6-17-14-10/h2-4,6,13H,5H2,1H3. The highest BCUT2D eigenvalue weighted by Gasteiger charge is 2.17. The molecule has 0 saturated heterocycles. The third kappa shape index (κ3) is 2.95. The van der Waals surface area contributed by atoms with Crippen LogP contribution in [0.25, 0.3) is 0 Å². The molecule has 8 heteroatoms. The Balaban J connectivity index is 2.22. The number of nitrogens with zero attached hydrogens (tertiary/aromatic N) is 2. The molecule has 0 unspecified atom stereocenters. The van der Waals surface area contributed by atoms with Crippen LogP contribution in [0.5, 0.6) is 0 Å². The van der Waals surface area contributed by atoms with Crippen molar-refractivity contribution < 1.29 is 12.9 Å². The molecule has 18 heavy (non-hydrogen) atoms. The Bertz CT molecular complexity index is 640. The highest BCUT2D eigenvalue weighted by molar-refractivity contribution is 9.10. The van der Waals surface area contributed by atoms with Crippen molar-refractivity contribution in [2.24, 2.45) is 0 Å². The van der Waals surface area contributed by atoms with Crippen LogP contribution in [-0.4, -0.2) is 18.6 Å². The third-order valence-corrected chi connectivity index (χ3v) is 4.30. The van der Waals surface area contributed by atoms with Crippen LogP contribution in [0.2, 0.25) is 0 Å². The first kappa shape index (κ1) is 13.2. The largest absolute Gasteiger partial charge is 0.343 e. The van der Waals surface area contributed by atoms with E-state index in [1.54, 1.807) is 25.1 Å². The van der Waals surface area contributed by atoms with Gasteiger partial charge in [-0.15, -0.1) is 0 Å². The molecule has 96 valence electrons. The molecule has 0 aliphatic carbocycles. The fourth-order valence-electron chi connectivity index (χ4n) is 1.37. The first-order chi connectivity index (χ1) is 8.49. The van der Waals surface area contributed by atoms with Crippen molar-refractivity contribution in [1.29, 1.82) is 0 Å². The minimum Gasteiger partial charge on any atom is -0.343 e. The molecule has 2 aromatic rings. The van der Waals surface area contributed by atoms with Gasteiger partial charge in [0.25, 0.3) is 0 Å². The Labute approximate surface area is 113 Å². The molecule has 0 aliphatic heterocycles. The van der Waals surface area contributed by atoms with Gasteiger partial charge in [-0.2, -0.15) is 4.98 Å². The van der Waals surface area contributed by atoms with Crippen LogP contribution in [0, 0.1) is 6.92 Å². The van der Waals surface area contributed by atoms with Gasteiger partial charge >= 0.3 is 0 Å². The molecule has 1 N–H and O–H groups in total. The van der Waals surface area contributed by atoms with Gasteiger partial charge in [0.2, 0.25) is 16.4 Å². The predicted octanol–water partition coefficient (Wildman–Crippen LogP) is 1.62. The lowest BCUT2D eigenvalue weighted by molar-refractivity contribution is 0.409. The molecule has 0 atom stereocenters. The van der Waals surface area contributed by atoms with Crippen LogP contribution in [0.1, 0.15) is 11.4 Å². The molecule has 0 saturated carbocycles. The van der Waals surface area contributed by atoms with Crippen LogP contribution in [0.3, 0.4) is 0 Å². The van der Waals surface area contributed by atoms with Gasteiger partial charge < -0.3 is 4.52 Å². The summed E-state index contributed by atoms with van der Waals surface area (Å²) in [5.41, 5.74) is 0.666. The van der Waals surface area contributed by atoms with Crippen molar-refractivity contribution in [3.63, 3.8) is 0 Å². The predicted molar refractivity (Wildman–Crippen MR) is 67.2 cm³/mol. The van der Waals surface area contributed by atoms with Crippen molar-refractivity contribution >= 4 is 26.0 Å². The van der Waals surface area contributed by atoms with Gasteiger partial charge in [0.15, 0.2) is 5.82 Å². The van der Waals surface area contributed by atoms with E-state index in [-0.39, 0.29) is 17.3 Å². The number of hydrogen-bond acceptors (Lipinski definition) is 5. The SMILES string of the molecule is Cc1ccc(Br)cc1S(=O)(=O)NCc1ncon1. The Morgan fingerprint density at radius 1 is 1.44 bits per heavy atom. The van der Waals surface area contributed by atoms with E-state index in [2.05, 4.69) is 35.3 Å². The van der Waals surface area contributed by atoms with Gasteiger partial charge in [-0.05, 0) is 24.6 Å². The highest BCUT2D eigenvalue weighted by atomic mass is 79.9. The number of nitrogens with one attached hydrogen (secondary N) is 1. The van der Waals surface area contributed by atoms with Crippen LogP contribution < -0.4 is 4.72 Å². The van der Waals surface area contributed by atoms with E-state index in [1.807, 2.05) is 0 Å². The maximum Gasteiger partial charge on any atom is 0.241 e. The Kier molecular flexibility index (Phi) is 3.79. The van der Waals surface area contributed by atoms with Crippen molar-refractivity contribution in [2.45, 2.75) is 18.4 Å². The number of aromatic nitrogens is 2. The number of halogens is 1. The van der Waals surface area contributed by atoms with E-state index in [4.69, 9.17) is 0 Å². The van der Waals surface area contributed by atoms with Gasteiger partial charge in [0.05, 0.1) is 11.4 Å². The van der Waals surface area contributed by atoms with Gasteiger partial charge in [-0.25, -0.2) is 13.1 Å². The Morgan fingerprint density at radius 2 is 2.22 bits per heavy atom. The van der Waals surface area contributed by atoms with Crippen molar-refractivity contribution in [2.75, 3.05) is 0 Å². The monoisotopic (exact) mass is 331 g/mol. The normalized spacial score (nSPS) is 11.7. The number of aryl methyl sites for hydroxylation is 1. The summed E-state index contributed by atoms with van der Waals surface area (Å²) >= 11 is 3.25. The van der Waals surface area contributed by atoms with Gasteiger partial charge in [0.1, 0.15) is 0 Å². The van der Waals surface area contributed by atoms with Crippen LogP contribution in [-0.2, 0) is 16.6 Å². The summed E-state index contributed by atoms with van der Waals surface area (Å²) in [5.74, 6) is 0.284. The van der Waals surface area contributed by atoms with Crippen LogP contribution in [0.15, 0.2) is 38.5 Å². The topological polar surface area (TPSA) is 85.1 Å². The van der Waals surface area contributed by atoms with Crippen molar-refractivity contribution in [3.8, 4) is 0 Å². The lowest BCUT2D eigenvalue weighted by Gasteiger charge is -2.08. The van der Waals surface area contributed by atoms with E-state index in [0.29, 0.717) is 10.0 Å². The summed E-state index contributed by atoms with van der Waals surface area (Å²) in [6.07, 6.45) is 1.15. The Hall–Kier alpha value is -1.25. The molecule has 2 rings (SSSR count). The highest BCUT2D eigenvalue weighted by Crippen LogP contribution is 2.20. The maximum atomic E-state index is 12.1. The summed E-state index contributed by atoms with van der Waals surface area (Å²) < 4.78 is 31.8. The van der Waals surface area contributed by atoms with Gasteiger partial charge in [-0.3, -0.25) is 0 Å². The first-order valence-corrected chi connectivity index (χ1v) is 7.28. The summed E-state index contributed by atoms with van der Waals surface area (Å²) in [7, 11) is -3.59. The number of hydrogen-bond donors (Lipinski definition) is 1. The molecule has 0 radical (unpaired) electrons. The second-order valence-electron chi connectivity index (χ2n) is 3.58. The second-order valence-corrected chi connectivity index (χ2v) is 6.23. The fraction of sp³-hybridized carbons (Fsp3) is 0.200. The van der Waals surface area contributed by atoms with E-state index in [0.717, 1.165) is 6.39 Å². The fourth-order valence-corrected chi connectivity index (χ4v) is 3.13. The third-order valence-electron chi connectivity index (χ3n) is 2.27. The lowest BCUT2D eigenvalue weighted by Crippen LogP contribution is -2.24. The van der Waals surface area contributed by atoms with Gasteiger partial charge in [-0.1, -0.05) is 27.2 Å². The van der Waals surface area contributed by atoms with E-state index in [1.165, 1.54) is 0 Å². The lowest BCUT2D eigenvalue weighted by atomic mass is 10.2. The van der Waals surface area contributed by atoms with Crippen molar-refractivity contribution in [1.82, 2.24) is 14.9 Å². The number of sulfonamides is 1. The Morgan fingerprint density at radius 3 is 2.89 bits per heavy atom. The quantitative estimate of drug-likeness (QED) is 0.920. The zero-order chi connectivity index (χ0) is 13.2. The molecule has 0 spiro atoms. The van der Waals surface area contributed by atoms with E-state index < -0.39 is 10.0 Å².